The third-order valence-electron chi connectivity index (χ3n) is 5.27. The van der Waals surface area contributed by atoms with E-state index in [1.54, 1.807) is 54.6 Å². The van der Waals surface area contributed by atoms with Crippen LogP contribution in [-0.2, 0) is 12.7 Å². The van der Waals surface area contributed by atoms with Crippen LogP contribution in [0.4, 0.5) is 13.2 Å². The van der Waals surface area contributed by atoms with Gasteiger partial charge in [-0.05, 0) is 49.6 Å². The molecule has 1 heterocycles. The quantitative estimate of drug-likeness (QED) is 0.470. The Morgan fingerprint density at radius 1 is 1.06 bits per heavy atom. The fourth-order valence-electron chi connectivity index (χ4n) is 4.06. The van der Waals surface area contributed by atoms with Crippen LogP contribution in [0.2, 0.25) is 5.02 Å². The number of amides is 1. The summed E-state index contributed by atoms with van der Waals surface area (Å²) in [7, 11) is 1.47. The highest BCUT2D eigenvalue weighted by Crippen LogP contribution is 2.42. The number of likely N-dealkylation sites (N-methyl/N-ethyl adjacent to an activating group) is 1. The summed E-state index contributed by atoms with van der Waals surface area (Å²) in [5.74, 6) is -0.614. The van der Waals surface area contributed by atoms with Crippen LogP contribution in [0.1, 0.15) is 41.2 Å². The molecule has 33 heavy (non-hydrogen) atoms. The number of hydrogen-bond acceptors (Lipinski definition) is 2. The van der Waals surface area contributed by atoms with Gasteiger partial charge in [-0.1, -0.05) is 54.1 Å². The summed E-state index contributed by atoms with van der Waals surface area (Å²) in [5, 5.41) is 10.6. The van der Waals surface area contributed by atoms with Gasteiger partial charge in [0.1, 0.15) is 11.4 Å². The number of aliphatic hydroxyl groups is 1. The maximum absolute atomic E-state index is 14.3. The van der Waals surface area contributed by atoms with Gasteiger partial charge >= 0.3 is 6.18 Å². The van der Waals surface area contributed by atoms with E-state index >= 15 is 0 Å². The molecule has 0 fully saturated rings. The van der Waals surface area contributed by atoms with E-state index in [0.717, 1.165) is 4.57 Å². The summed E-state index contributed by atoms with van der Waals surface area (Å²) in [5.41, 5.74) is -0.949. The Kier molecular flexibility index (Phi) is 6.96. The average molecular weight is 479 g/mol. The summed E-state index contributed by atoms with van der Waals surface area (Å²) in [4.78, 5) is 14.8. The van der Waals surface area contributed by atoms with Crippen LogP contribution in [0.15, 0.2) is 54.6 Å². The Morgan fingerprint density at radius 2 is 1.64 bits per heavy atom. The first-order chi connectivity index (χ1) is 15.3. The zero-order valence-corrected chi connectivity index (χ0v) is 19.6. The van der Waals surface area contributed by atoms with Crippen LogP contribution in [0.25, 0.3) is 11.1 Å². The molecule has 0 aliphatic rings. The molecule has 0 radical (unpaired) electrons. The second kappa shape index (κ2) is 9.23. The normalized spacial score (nSPS) is 12.2. The molecule has 0 atom stereocenters. The number of rotatable bonds is 6. The summed E-state index contributed by atoms with van der Waals surface area (Å²) in [6.45, 7) is 4.25. The highest BCUT2D eigenvalue weighted by Gasteiger charge is 2.41. The molecule has 1 N–H and O–H groups in total. The van der Waals surface area contributed by atoms with Crippen molar-refractivity contribution in [2.24, 2.45) is 0 Å². The van der Waals surface area contributed by atoms with E-state index in [0.29, 0.717) is 16.1 Å². The monoisotopic (exact) mass is 478 g/mol. The lowest BCUT2D eigenvalue weighted by Crippen LogP contribution is -2.40. The Morgan fingerprint density at radius 3 is 2.15 bits per heavy atom. The van der Waals surface area contributed by atoms with E-state index in [4.69, 9.17) is 11.6 Å². The van der Waals surface area contributed by atoms with Crippen molar-refractivity contribution in [2.45, 2.75) is 39.1 Å². The third-order valence-corrected chi connectivity index (χ3v) is 5.52. The van der Waals surface area contributed by atoms with Crippen molar-refractivity contribution in [3.8, 4) is 11.1 Å². The van der Waals surface area contributed by atoms with Crippen molar-refractivity contribution in [2.75, 3.05) is 13.6 Å². The zero-order chi connectivity index (χ0) is 24.6. The highest BCUT2D eigenvalue weighted by molar-refractivity contribution is 6.30. The fourth-order valence-corrected chi connectivity index (χ4v) is 4.19. The maximum atomic E-state index is 14.3. The Balaban J connectivity index is 2.32. The number of carbonyl (C=O) groups excluding carboxylic acids is 1. The minimum absolute atomic E-state index is 0.0410. The molecule has 0 aliphatic carbocycles. The van der Waals surface area contributed by atoms with Gasteiger partial charge in [-0.15, -0.1) is 0 Å². The van der Waals surface area contributed by atoms with Crippen molar-refractivity contribution >= 4 is 17.5 Å². The summed E-state index contributed by atoms with van der Waals surface area (Å²) in [6, 6.07) is 15.0. The third kappa shape index (κ3) is 5.60. The largest absolute Gasteiger partial charge is 0.431 e. The maximum Gasteiger partial charge on any atom is 0.431 e. The van der Waals surface area contributed by atoms with Crippen LogP contribution in [-0.4, -0.2) is 39.7 Å². The van der Waals surface area contributed by atoms with Gasteiger partial charge in [0.25, 0.3) is 5.91 Å². The van der Waals surface area contributed by atoms with Gasteiger partial charge in [-0.25, -0.2) is 0 Å². The van der Waals surface area contributed by atoms with Crippen molar-refractivity contribution < 1.29 is 23.1 Å². The van der Waals surface area contributed by atoms with Gasteiger partial charge in [0.15, 0.2) is 0 Å². The van der Waals surface area contributed by atoms with Crippen LogP contribution in [0.5, 0.6) is 0 Å². The first-order valence-electron chi connectivity index (χ1n) is 10.4. The molecule has 4 nitrogen and oxygen atoms in total. The lowest BCUT2D eigenvalue weighted by atomic mass is 10.00. The topological polar surface area (TPSA) is 45.5 Å². The van der Waals surface area contributed by atoms with Gasteiger partial charge in [0.05, 0.1) is 5.60 Å². The lowest BCUT2D eigenvalue weighted by molar-refractivity contribution is -0.143. The van der Waals surface area contributed by atoms with Crippen molar-refractivity contribution in [1.29, 1.82) is 0 Å². The summed E-state index contributed by atoms with van der Waals surface area (Å²) in [6.07, 6.45) is -4.69. The molecule has 176 valence electrons. The van der Waals surface area contributed by atoms with Crippen molar-refractivity contribution in [3.05, 3.63) is 82.1 Å². The van der Waals surface area contributed by atoms with E-state index in [-0.39, 0.29) is 29.9 Å². The van der Waals surface area contributed by atoms with Crippen LogP contribution in [0.3, 0.4) is 0 Å². The van der Waals surface area contributed by atoms with Gasteiger partial charge in [0.2, 0.25) is 0 Å². The van der Waals surface area contributed by atoms with Crippen LogP contribution in [0, 0.1) is 6.92 Å². The number of aromatic nitrogens is 1. The number of alkyl halides is 3. The minimum atomic E-state index is -4.69. The molecule has 0 saturated carbocycles. The zero-order valence-electron chi connectivity index (χ0n) is 18.9. The Hall–Kier alpha value is -2.77. The number of benzene rings is 2. The molecule has 0 bridgehead atoms. The predicted molar refractivity (Wildman–Crippen MR) is 123 cm³/mol. The molecule has 3 aromatic rings. The molecule has 1 amide bonds. The smallest absolute Gasteiger partial charge is 0.389 e. The van der Waals surface area contributed by atoms with Crippen molar-refractivity contribution in [3.63, 3.8) is 0 Å². The minimum Gasteiger partial charge on any atom is -0.389 e. The SMILES string of the molecule is Cc1c(-c2ccc(Cl)cc2)c(C(=O)N(C)CC(C)(C)O)n(Cc2ccccc2)c1C(F)(F)F. The molecule has 3 rings (SSSR count). The second-order valence-corrected chi connectivity index (χ2v) is 9.18. The van der Waals surface area contributed by atoms with Crippen molar-refractivity contribution in [1.82, 2.24) is 9.47 Å². The molecule has 0 spiro atoms. The van der Waals surface area contributed by atoms with Gasteiger partial charge in [-0.3, -0.25) is 4.79 Å². The molecule has 1 aromatic heterocycles. The van der Waals surface area contributed by atoms with Crippen LogP contribution >= 0.6 is 11.6 Å². The van der Waals surface area contributed by atoms with E-state index in [1.165, 1.54) is 32.7 Å². The summed E-state index contributed by atoms with van der Waals surface area (Å²) < 4.78 is 44.0. The molecule has 0 saturated heterocycles. The van der Waals surface area contributed by atoms with Gasteiger partial charge in [0, 0.05) is 30.7 Å². The highest BCUT2D eigenvalue weighted by atomic mass is 35.5. The fraction of sp³-hybridized carbons (Fsp3) is 0.320. The van der Waals surface area contributed by atoms with E-state index < -0.39 is 23.4 Å². The first kappa shape index (κ1) is 24.9. The van der Waals surface area contributed by atoms with E-state index in [9.17, 15) is 23.1 Å². The number of nitrogens with zero attached hydrogens (tertiary/aromatic N) is 2. The molecular formula is C25H26ClF3N2O2. The molecule has 2 aromatic carbocycles. The Bertz CT molecular complexity index is 1130. The van der Waals surface area contributed by atoms with E-state index in [2.05, 4.69) is 0 Å². The van der Waals surface area contributed by atoms with E-state index in [1.807, 2.05) is 0 Å². The molecular weight excluding hydrogens is 453 g/mol. The Labute approximate surface area is 196 Å². The predicted octanol–water partition coefficient (Wildman–Crippen LogP) is 6.03. The van der Waals surface area contributed by atoms with Crippen LogP contribution < -0.4 is 0 Å². The van der Waals surface area contributed by atoms with Gasteiger partial charge in [-0.2, -0.15) is 13.2 Å². The average Bonchev–Trinajstić information content (AvgIpc) is 2.99. The lowest BCUT2D eigenvalue weighted by Gasteiger charge is -2.27. The first-order valence-corrected chi connectivity index (χ1v) is 10.8. The summed E-state index contributed by atoms with van der Waals surface area (Å²) >= 11 is 5.99. The number of carbonyl (C=O) groups is 1. The van der Waals surface area contributed by atoms with Gasteiger partial charge < -0.3 is 14.6 Å². The molecule has 8 heteroatoms. The standard InChI is InChI=1S/C25H26ClF3N2O2/c1-16-20(18-10-12-19(26)13-11-18)21(23(32)30(4)15-24(2,3)33)31(22(16)25(27,28)29)14-17-8-6-5-7-9-17/h5-13,33H,14-15H2,1-4H3. The molecule has 0 aliphatic heterocycles. The molecule has 0 unspecified atom stereocenters. The second-order valence-electron chi connectivity index (χ2n) is 8.75. The number of hydrogen-bond donors (Lipinski definition) is 1. The number of halogens is 4.